The maximum absolute atomic E-state index is 4.38. The minimum Gasteiger partial charge on any atom is -0.306 e. The van der Waals surface area contributed by atoms with Crippen LogP contribution in [0.2, 0.25) is 0 Å². The smallest absolute Gasteiger partial charge is 0.0897 e. The van der Waals surface area contributed by atoms with Gasteiger partial charge in [0.15, 0.2) is 0 Å². The maximum atomic E-state index is 4.38. The highest BCUT2D eigenvalue weighted by atomic mass is 32.1. The van der Waals surface area contributed by atoms with Crippen LogP contribution in [-0.2, 0) is 6.42 Å². The molecule has 1 heterocycles. The van der Waals surface area contributed by atoms with Gasteiger partial charge in [-0.2, -0.15) is 0 Å². The van der Waals surface area contributed by atoms with E-state index in [9.17, 15) is 0 Å². The van der Waals surface area contributed by atoms with Crippen molar-refractivity contribution < 1.29 is 0 Å². The highest BCUT2D eigenvalue weighted by molar-refractivity contribution is 7.11. The molecule has 0 saturated carbocycles. The van der Waals surface area contributed by atoms with Crippen molar-refractivity contribution in [3.8, 4) is 0 Å². The Morgan fingerprint density at radius 3 is 2.47 bits per heavy atom. The van der Waals surface area contributed by atoms with Crippen LogP contribution in [0.5, 0.6) is 0 Å². The summed E-state index contributed by atoms with van der Waals surface area (Å²) in [5, 5.41) is 4.75. The average molecular weight is 274 g/mol. The van der Waals surface area contributed by atoms with Crippen LogP contribution >= 0.6 is 11.3 Å². The molecular formula is C16H22N2S. The third kappa shape index (κ3) is 3.64. The van der Waals surface area contributed by atoms with Gasteiger partial charge >= 0.3 is 0 Å². The molecule has 0 spiro atoms. The molecule has 102 valence electrons. The first kappa shape index (κ1) is 14.2. The summed E-state index contributed by atoms with van der Waals surface area (Å²) in [6.45, 7) is 7.47. The molecular weight excluding hydrogens is 252 g/mol. The summed E-state index contributed by atoms with van der Waals surface area (Å²) in [4.78, 5) is 5.68. The average Bonchev–Trinajstić information content (AvgIpc) is 2.86. The summed E-state index contributed by atoms with van der Waals surface area (Å²) < 4.78 is 0. The van der Waals surface area contributed by atoms with E-state index in [0.29, 0.717) is 0 Å². The Hall–Kier alpha value is -1.19. The Kier molecular flexibility index (Phi) is 5.11. The third-order valence-electron chi connectivity index (χ3n) is 3.24. The molecule has 0 aliphatic heterocycles. The molecule has 1 atom stereocenters. The first-order valence-corrected chi connectivity index (χ1v) is 7.80. The zero-order chi connectivity index (χ0) is 13.7. The largest absolute Gasteiger partial charge is 0.306 e. The summed E-state index contributed by atoms with van der Waals surface area (Å²) in [5.41, 5.74) is 2.72. The van der Waals surface area contributed by atoms with Gasteiger partial charge in [-0.3, -0.25) is 0 Å². The first-order chi connectivity index (χ1) is 9.24. The van der Waals surface area contributed by atoms with Gasteiger partial charge in [0.1, 0.15) is 0 Å². The van der Waals surface area contributed by atoms with Crippen molar-refractivity contribution in [2.75, 3.05) is 6.54 Å². The van der Waals surface area contributed by atoms with E-state index >= 15 is 0 Å². The van der Waals surface area contributed by atoms with Crippen molar-refractivity contribution in [2.45, 2.75) is 39.7 Å². The second-order valence-electron chi connectivity index (χ2n) is 4.76. The molecule has 2 nitrogen and oxygen atoms in total. The zero-order valence-corrected chi connectivity index (χ0v) is 12.8. The fourth-order valence-corrected chi connectivity index (χ4v) is 3.02. The van der Waals surface area contributed by atoms with Crippen LogP contribution in [-0.4, -0.2) is 11.5 Å². The topological polar surface area (TPSA) is 24.9 Å². The van der Waals surface area contributed by atoms with Crippen LogP contribution in [0.1, 0.15) is 47.3 Å². The van der Waals surface area contributed by atoms with Gasteiger partial charge in [-0.15, -0.1) is 11.3 Å². The molecule has 0 saturated heterocycles. The predicted molar refractivity (Wildman–Crippen MR) is 82.8 cm³/mol. The predicted octanol–water partition coefficient (Wildman–Crippen LogP) is 4.10. The Morgan fingerprint density at radius 1 is 1.21 bits per heavy atom. The van der Waals surface area contributed by atoms with Gasteiger partial charge in [-0.1, -0.05) is 38.1 Å². The lowest BCUT2D eigenvalue weighted by Gasteiger charge is -2.17. The molecule has 0 amide bonds. The van der Waals surface area contributed by atoms with Crippen molar-refractivity contribution in [1.29, 1.82) is 0 Å². The van der Waals surface area contributed by atoms with Crippen molar-refractivity contribution >= 4 is 11.3 Å². The van der Waals surface area contributed by atoms with E-state index in [-0.39, 0.29) is 6.04 Å². The Bertz CT molecular complexity index is 502. The zero-order valence-electron chi connectivity index (χ0n) is 11.9. The quantitative estimate of drug-likeness (QED) is 0.857. The lowest BCUT2D eigenvalue weighted by atomic mass is 10.0. The lowest BCUT2D eigenvalue weighted by molar-refractivity contribution is 0.605. The minimum absolute atomic E-state index is 0.275. The molecule has 1 aromatic carbocycles. The van der Waals surface area contributed by atoms with Crippen molar-refractivity contribution in [3.05, 3.63) is 51.5 Å². The summed E-state index contributed by atoms with van der Waals surface area (Å²) >= 11 is 1.78. The Balaban J connectivity index is 2.25. The van der Waals surface area contributed by atoms with Gasteiger partial charge < -0.3 is 5.32 Å². The van der Waals surface area contributed by atoms with Gasteiger partial charge in [0.05, 0.1) is 11.0 Å². The van der Waals surface area contributed by atoms with Crippen LogP contribution in [0.4, 0.5) is 0 Å². The number of nitrogens with one attached hydrogen (secondary N) is 1. The maximum Gasteiger partial charge on any atom is 0.0897 e. The molecule has 0 bridgehead atoms. The highest BCUT2D eigenvalue weighted by Gasteiger charge is 2.15. The van der Waals surface area contributed by atoms with E-state index in [0.717, 1.165) is 24.4 Å². The van der Waals surface area contributed by atoms with Crippen LogP contribution in [0.25, 0.3) is 0 Å². The number of rotatable bonds is 6. The lowest BCUT2D eigenvalue weighted by Crippen LogP contribution is -2.22. The molecule has 0 aliphatic carbocycles. The van der Waals surface area contributed by atoms with E-state index in [1.165, 1.54) is 16.0 Å². The van der Waals surface area contributed by atoms with Gasteiger partial charge in [-0.25, -0.2) is 4.98 Å². The van der Waals surface area contributed by atoms with Gasteiger partial charge in [-0.05, 0) is 37.4 Å². The first-order valence-electron chi connectivity index (χ1n) is 6.99. The fourth-order valence-electron chi connectivity index (χ4n) is 2.13. The third-order valence-corrected chi connectivity index (χ3v) is 4.22. The molecule has 19 heavy (non-hydrogen) atoms. The second-order valence-corrected chi connectivity index (χ2v) is 6.03. The number of hydrogen-bond acceptors (Lipinski definition) is 3. The number of aryl methyl sites for hydroxylation is 2. The molecule has 0 fully saturated rings. The van der Waals surface area contributed by atoms with Crippen molar-refractivity contribution in [2.24, 2.45) is 0 Å². The number of aromatic nitrogens is 1. The molecule has 1 N–H and O–H groups in total. The summed E-state index contributed by atoms with van der Waals surface area (Å²) in [6.07, 6.45) is 4.23. The molecule has 1 unspecified atom stereocenters. The van der Waals surface area contributed by atoms with E-state index in [1.807, 2.05) is 6.20 Å². The van der Waals surface area contributed by atoms with Crippen LogP contribution < -0.4 is 5.32 Å². The van der Waals surface area contributed by atoms with Crippen molar-refractivity contribution in [3.63, 3.8) is 0 Å². The molecule has 1 aromatic heterocycles. The number of hydrogen-bond donors (Lipinski definition) is 1. The summed E-state index contributed by atoms with van der Waals surface area (Å²) in [6, 6.07) is 9.20. The standard InChI is InChI=1S/C16H22N2S/c1-4-10-17-16(15-11-18-12(3)19-15)14-8-6-13(5-2)7-9-14/h6-9,11,16-17H,4-5,10H2,1-3H3. The molecule has 0 radical (unpaired) electrons. The number of nitrogens with zero attached hydrogens (tertiary/aromatic N) is 1. The molecule has 2 aromatic rings. The van der Waals surface area contributed by atoms with Crippen LogP contribution in [0, 0.1) is 6.92 Å². The van der Waals surface area contributed by atoms with E-state index in [2.05, 4.69) is 55.3 Å². The fraction of sp³-hybridized carbons (Fsp3) is 0.438. The van der Waals surface area contributed by atoms with E-state index in [1.54, 1.807) is 11.3 Å². The van der Waals surface area contributed by atoms with Gasteiger partial charge in [0, 0.05) is 11.1 Å². The van der Waals surface area contributed by atoms with Gasteiger partial charge in [0.2, 0.25) is 0 Å². The number of benzene rings is 1. The van der Waals surface area contributed by atoms with Crippen LogP contribution in [0.3, 0.4) is 0 Å². The van der Waals surface area contributed by atoms with Crippen molar-refractivity contribution in [1.82, 2.24) is 10.3 Å². The van der Waals surface area contributed by atoms with Gasteiger partial charge in [0.25, 0.3) is 0 Å². The molecule has 3 heteroatoms. The molecule has 2 rings (SSSR count). The SMILES string of the molecule is CCCNC(c1ccc(CC)cc1)c1cnc(C)s1. The number of thiazole rings is 1. The Morgan fingerprint density at radius 2 is 1.95 bits per heavy atom. The highest BCUT2D eigenvalue weighted by Crippen LogP contribution is 2.27. The molecule has 0 aliphatic rings. The van der Waals surface area contributed by atoms with E-state index in [4.69, 9.17) is 0 Å². The second kappa shape index (κ2) is 6.83. The van der Waals surface area contributed by atoms with Crippen LogP contribution in [0.15, 0.2) is 30.5 Å². The minimum atomic E-state index is 0.275. The van der Waals surface area contributed by atoms with E-state index < -0.39 is 0 Å². The Labute approximate surface area is 119 Å². The monoisotopic (exact) mass is 274 g/mol. The normalized spacial score (nSPS) is 12.6. The summed E-state index contributed by atoms with van der Waals surface area (Å²) in [5.74, 6) is 0. The summed E-state index contributed by atoms with van der Waals surface area (Å²) in [7, 11) is 0.